The van der Waals surface area contributed by atoms with Gasteiger partial charge in [-0.05, 0) is 48.9 Å². The van der Waals surface area contributed by atoms with Crippen molar-refractivity contribution in [3.8, 4) is 28.3 Å². The molecule has 0 aliphatic heterocycles. The van der Waals surface area contributed by atoms with Gasteiger partial charge in [-0.25, -0.2) is 18.2 Å². The molecule has 0 aliphatic carbocycles. The summed E-state index contributed by atoms with van der Waals surface area (Å²) in [7, 11) is 0. The molecule has 0 unspecified atom stereocenters. The topological polar surface area (TPSA) is 91.0 Å². The molecule has 156 valence electrons. The lowest BCUT2D eigenvalue weighted by Crippen LogP contribution is -2.13. The normalized spacial score (nSPS) is 11.0. The highest BCUT2D eigenvalue weighted by atomic mass is 19.3. The molecule has 1 aromatic carbocycles. The minimum atomic E-state index is -2.79. The largest absolute Gasteiger partial charge is 0.469 e. The third kappa shape index (κ3) is 4.73. The second-order valence-corrected chi connectivity index (χ2v) is 6.52. The van der Waals surface area contributed by atoms with Crippen molar-refractivity contribution in [2.45, 2.75) is 26.7 Å². The van der Waals surface area contributed by atoms with E-state index in [0.717, 1.165) is 0 Å². The summed E-state index contributed by atoms with van der Waals surface area (Å²) in [6.07, 6.45) is -2.54. The summed E-state index contributed by atoms with van der Waals surface area (Å²) in [6, 6.07) is 8.20. The van der Waals surface area contributed by atoms with Crippen molar-refractivity contribution in [3.05, 3.63) is 53.6 Å². The van der Waals surface area contributed by atoms with Gasteiger partial charge in [0.25, 0.3) is 6.43 Å². The van der Waals surface area contributed by atoms with Gasteiger partial charge >= 0.3 is 0 Å². The van der Waals surface area contributed by atoms with Gasteiger partial charge in [-0.3, -0.25) is 9.78 Å². The Kier molecular flexibility index (Phi) is 6.29. The first-order chi connectivity index (χ1) is 14.3. The van der Waals surface area contributed by atoms with E-state index in [2.05, 4.69) is 15.0 Å². The Balaban J connectivity index is 2.26. The van der Waals surface area contributed by atoms with E-state index >= 15 is 0 Å². The average molecular weight is 416 g/mol. The summed E-state index contributed by atoms with van der Waals surface area (Å²) in [5, 5.41) is 0. The van der Waals surface area contributed by atoms with Crippen LogP contribution in [0.5, 0.6) is 5.88 Å². The number of pyridine rings is 1. The van der Waals surface area contributed by atoms with Crippen molar-refractivity contribution in [2.24, 2.45) is 0 Å². The summed E-state index contributed by atoms with van der Waals surface area (Å²) in [4.78, 5) is 23.9. The van der Waals surface area contributed by atoms with E-state index in [1.54, 1.807) is 19.9 Å². The molecular formula is C21H19F3N4O2. The Morgan fingerprint density at radius 1 is 1.10 bits per heavy atom. The number of nitrogens with zero attached hydrogens (tertiary/aromatic N) is 3. The number of aryl methyl sites for hydroxylation is 1. The molecule has 0 fully saturated rings. The van der Waals surface area contributed by atoms with Crippen LogP contribution in [0.15, 0.2) is 36.4 Å². The Bertz CT molecular complexity index is 1070. The third-order valence-corrected chi connectivity index (χ3v) is 4.26. The number of hydrogen-bond donors (Lipinski definition) is 1. The van der Waals surface area contributed by atoms with Crippen LogP contribution in [0, 0.1) is 12.7 Å². The Morgan fingerprint density at radius 2 is 1.80 bits per heavy atom. The van der Waals surface area contributed by atoms with Gasteiger partial charge in [0.2, 0.25) is 11.8 Å². The Labute approximate surface area is 171 Å². The van der Waals surface area contributed by atoms with Crippen molar-refractivity contribution in [1.29, 1.82) is 0 Å². The molecule has 3 rings (SSSR count). The molecule has 9 heteroatoms. The number of nitrogens with two attached hydrogens (primary N) is 1. The lowest BCUT2D eigenvalue weighted by Gasteiger charge is -2.16. The summed E-state index contributed by atoms with van der Waals surface area (Å²) in [6.45, 7) is 2.99. The standard InChI is InChI=1S/C21H19F3N4O2/c1-3-15(29)10-30-20-17(13-8-11(2)26-16(9-13)19(23)24)18(27-21(25)28-20)12-4-6-14(22)7-5-12/h4-9,19H,3,10H2,1-2H3,(H2,25,27,28). The van der Waals surface area contributed by atoms with E-state index in [1.165, 1.54) is 30.3 Å². The summed E-state index contributed by atoms with van der Waals surface area (Å²) >= 11 is 0. The minimum Gasteiger partial charge on any atom is -0.469 e. The number of ether oxygens (including phenoxy) is 1. The molecule has 0 radical (unpaired) electrons. The molecule has 0 spiro atoms. The van der Waals surface area contributed by atoms with Gasteiger partial charge in [0.15, 0.2) is 5.78 Å². The van der Waals surface area contributed by atoms with Crippen LogP contribution in [0.25, 0.3) is 22.4 Å². The molecule has 2 N–H and O–H groups in total. The molecule has 0 saturated heterocycles. The summed E-state index contributed by atoms with van der Waals surface area (Å²) in [5.41, 5.74) is 7.05. The van der Waals surface area contributed by atoms with E-state index in [1.807, 2.05) is 0 Å². The number of nitrogen functional groups attached to an aromatic ring is 1. The van der Waals surface area contributed by atoms with Crippen LogP contribution in [-0.2, 0) is 4.79 Å². The smallest absolute Gasteiger partial charge is 0.280 e. The number of carbonyl (C=O) groups is 1. The van der Waals surface area contributed by atoms with Crippen LogP contribution in [0.2, 0.25) is 0 Å². The maximum atomic E-state index is 13.4. The van der Waals surface area contributed by atoms with Gasteiger partial charge in [-0.15, -0.1) is 0 Å². The van der Waals surface area contributed by atoms with Crippen LogP contribution in [-0.4, -0.2) is 27.3 Å². The monoisotopic (exact) mass is 416 g/mol. The first-order valence-corrected chi connectivity index (χ1v) is 9.13. The fraction of sp³-hybridized carbons (Fsp3) is 0.238. The number of carbonyl (C=O) groups excluding carboxylic acids is 1. The number of rotatable bonds is 7. The predicted octanol–water partition coefficient (Wildman–Crippen LogP) is 4.53. The quantitative estimate of drug-likeness (QED) is 0.609. The summed E-state index contributed by atoms with van der Waals surface area (Å²) < 4.78 is 45.7. The molecule has 2 heterocycles. The molecule has 0 atom stereocenters. The first-order valence-electron chi connectivity index (χ1n) is 9.13. The first kappa shape index (κ1) is 21.2. The highest BCUT2D eigenvalue weighted by Crippen LogP contribution is 2.39. The van der Waals surface area contributed by atoms with E-state index in [0.29, 0.717) is 16.8 Å². The van der Waals surface area contributed by atoms with Crippen molar-refractivity contribution in [3.63, 3.8) is 0 Å². The van der Waals surface area contributed by atoms with Crippen LogP contribution in [0.4, 0.5) is 19.1 Å². The highest BCUT2D eigenvalue weighted by Gasteiger charge is 2.22. The zero-order valence-corrected chi connectivity index (χ0v) is 16.3. The number of ketones is 1. The van der Waals surface area contributed by atoms with Gasteiger partial charge in [0.1, 0.15) is 18.1 Å². The zero-order valence-electron chi connectivity index (χ0n) is 16.3. The molecule has 30 heavy (non-hydrogen) atoms. The minimum absolute atomic E-state index is 0.0329. The van der Waals surface area contributed by atoms with Crippen molar-refractivity contribution in [2.75, 3.05) is 12.3 Å². The molecule has 6 nitrogen and oxygen atoms in total. The summed E-state index contributed by atoms with van der Waals surface area (Å²) in [5.74, 6) is -0.806. The highest BCUT2D eigenvalue weighted by molar-refractivity contribution is 5.86. The van der Waals surface area contributed by atoms with Gasteiger partial charge < -0.3 is 10.5 Å². The average Bonchev–Trinajstić information content (AvgIpc) is 2.71. The van der Waals surface area contributed by atoms with Crippen molar-refractivity contribution < 1.29 is 22.7 Å². The van der Waals surface area contributed by atoms with E-state index < -0.39 is 17.9 Å². The molecule has 0 saturated carbocycles. The van der Waals surface area contributed by atoms with Gasteiger partial charge in [-0.2, -0.15) is 4.98 Å². The second kappa shape index (κ2) is 8.89. The Hall–Kier alpha value is -3.49. The number of anilines is 1. The Morgan fingerprint density at radius 3 is 2.43 bits per heavy atom. The lowest BCUT2D eigenvalue weighted by atomic mass is 9.99. The third-order valence-electron chi connectivity index (χ3n) is 4.26. The lowest BCUT2D eigenvalue weighted by molar-refractivity contribution is -0.120. The molecule has 0 bridgehead atoms. The fourth-order valence-electron chi connectivity index (χ4n) is 2.84. The van der Waals surface area contributed by atoms with Gasteiger partial charge in [-0.1, -0.05) is 6.92 Å². The second-order valence-electron chi connectivity index (χ2n) is 6.52. The fourth-order valence-corrected chi connectivity index (χ4v) is 2.84. The number of aromatic nitrogens is 3. The molecular weight excluding hydrogens is 397 g/mol. The molecule has 0 aliphatic rings. The van der Waals surface area contributed by atoms with Gasteiger partial charge in [0.05, 0.1) is 11.3 Å². The number of hydrogen-bond acceptors (Lipinski definition) is 6. The van der Waals surface area contributed by atoms with Crippen LogP contribution >= 0.6 is 0 Å². The predicted molar refractivity (Wildman–Crippen MR) is 106 cm³/mol. The van der Waals surface area contributed by atoms with Crippen LogP contribution in [0.3, 0.4) is 0 Å². The van der Waals surface area contributed by atoms with Gasteiger partial charge in [0, 0.05) is 17.7 Å². The molecule has 2 aromatic heterocycles. The number of halogens is 3. The van der Waals surface area contributed by atoms with E-state index in [-0.39, 0.29) is 41.9 Å². The van der Waals surface area contributed by atoms with Crippen LogP contribution < -0.4 is 10.5 Å². The van der Waals surface area contributed by atoms with E-state index in [4.69, 9.17) is 10.5 Å². The van der Waals surface area contributed by atoms with Crippen molar-refractivity contribution in [1.82, 2.24) is 15.0 Å². The molecule has 3 aromatic rings. The SMILES string of the molecule is CCC(=O)COc1nc(N)nc(-c2ccc(F)cc2)c1-c1cc(C)nc(C(F)F)c1. The maximum Gasteiger partial charge on any atom is 0.280 e. The van der Waals surface area contributed by atoms with E-state index in [9.17, 15) is 18.0 Å². The maximum absolute atomic E-state index is 13.4. The number of alkyl halides is 2. The van der Waals surface area contributed by atoms with Crippen LogP contribution in [0.1, 0.15) is 31.2 Å². The zero-order chi connectivity index (χ0) is 21.8. The van der Waals surface area contributed by atoms with Crippen molar-refractivity contribution >= 4 is 11.7 Å². The number of Topliss-reactive ketones (excluding diaryl/α,β-unsaturated/α-hetero) is 1. The number of benzene rings is 1. The molecule has 0 amide bonds.